The predicted octanol–water partition coefficient (Wildman–Crippen LogP) is 3.43. The lowest BCUT2D eigenvalue weighted by Crippen LogP contribution is -2.39. The van der Waals surface area contributed by atoms with Gasteiger partial charge in [-0.1, -0.05) is 12.5 Å². The smallest absolute Gasteiger partial charge is 0.423 e. The SMILES string of the molecule is C=C[C@H]1CCC[C@@H](Nc2ncc(C(F)(F)F)c(OC3COC3)n2)C1. The van der Waals surface area contributed by atoms with Gasteiger partial charge >= 0.3 is 6.18 Å². The van der Waals surface area contributed by atoms with Crippen molar-refractivity contribution in [2.45, 2.75) is 44.0 Å². The van der Waals surface area contributed by atoms with E-state index in [1.54, 1.807) is 0 Å². The Morgan fingerprint density at radius 2 is 2.12 bits per heavy atom. The zero-order valence-corrected chi connectivity index (χ0v) is 13.2. The Morgan fingerprint density at radius 3 is 2.75 bits per heavy atom. The van der Waals surface area contributed by atoms with Crippen molar-refractivity contribution in [3.8, 4) is 5.88 Å². The summed E-state index contributed by atoms with van der Waals surface area (Å²) in [5.41, 5.74) is -0.965. The van der Waals surface area contributed by atoms with Crippen molar-refractivity contribution in [3.05, 3.63) is 24.4 Å². The maximum absolute atomic E-state index is 13.1. The van der Waals surface area contributed by atoms with Crippen LogP contribution in [0.25, 0.3) is 0 Å². The molecule has 1 aliphatic heterocycles. The first-order valence-electron chi connectivity index (χ1n) is 8.03. The van der Waals surface area contributed by atoms with Gasteiger partial charge in [-0.15, -0.1) is 6.58 Å². The molecule has 1 aliphatic carbocycles. The zero-order valence-electron chi connectivity index (χ0n) is 13.2. The van der Waals surface area contributed by atoms with Gasteiger partial charge in [0, 0.05) is 12.2 Å². The molecule has 132 valence electrons. The standard InChI is InChI=1S/C16H20F3N3O2/c1-2-10-4-3-5-11(6-10)21-15-20-7-13(16(17,18)19)14(22-15)24-12-8-23-9-12/h2,7,10-12H,1,3-6,8-9H2,(H,20,21,22)/t10-,11+/m0/s1. The van der Waals surface area contributed by atoms with E-state index in [0.717, 1.165) is 31.9 Å². The largest absolute Gasteiger partial charge is 0.469 e. The van der Waals surface area contributed by atoms with Crippen LogP contribution in [0, 0.1) is 5.92 Å². The number of aromatic nitrogens is 2. The van der Waals surface area contributed by atoms with E-state index < -0.39 is 23.7 Å². The summed E-state index contributed by atoms with van der Waals surface area (Å²) in [5, 5.41) is 3.12. The van der Waals surface area contributed by atoms with E-state index in [1.807, 2.05) is 6.08 Å². The second kappa shape index (κ2) is 6.96. The van der Waals surface area contributed by atoms with Gasteiger partial charge in [0.25, 0.3) is 0 Å². The van der Waals surface area contributed by atoms with Gasteiger partial charge in [-0.25, -0.2) is 4.98 Å². The van der Waals surface area contributed by atoms with Gasteiger partial charge in [-0.3, -0.25) is 0 Å². The first-order valence-corrected chi connectivity index (χ1v) is 8.03. The normalized spacial score (nSPS) is 25.0. The molecule has 0 amide bonds. The summed E-state index contributed by atoms with van der Waals surface area (Å²) in [7, 11) is 0. The molecule has 0 aromatic carbocycles. The van der Waals surface area contributed by atoms with Gasteiger partial charge in [0.05, 0.1) is 13.2 Å². The lowest BCUT2D eigenvalue weighted by atomic mass is 9.86. The number of nitrogens with zero attached hydrogens (tertiary/aromatic N) is 2. The van der Waals surface area contributed by atoms with E-state index in [2.05, 4.69) is 21.9 Å². The van der Waals surface area contributed by atoms with Gasteiger partial charge in [-0.2, -0.15) is 18.2 Å². The summed E-state index contributed by atoms with van der Waals surface area (Å²) in [6.07, 6.45) is 1.68. The van der Waals surface area contributed by atoms with Crippen molar-refractivity contribution in [1.82, 2.24) is 9.97 Å². The van der Waals surface area contributed by atoms with E-state index in [9.17, 15) is 13.2 Å². The molecule has 2 aliphatic rings. The Labute approximate surface area is 138 Å². The molecular weight excluding hydrogens is 323 g/mol. The first-order chi connectivity index (χ1) is 11.5. The Hall–Kier alpha value is -1.83. The van der Waals surface area contributed by atoms with Gasteiger partial charge in [0.1, 0.15) is 11.7 Å². The molecule has 1 aromatic heterocycles. The fraction of sp³-hybridized carbons (Fsp3) is 0.625. The number of hydrogen-bond acceptors (Lipinski definition) is 5. The maximum atomic E-state index is 13.1. The predicted molar refractivity (Wildman–Crippen MR) is 81.8 cm³/mol. The molecule has 1 aromatic rings. The summed E-state index contributed by atoms with van der Waals surface area (Å²) < 4.78 is 49.5. The highest BCUT2D eigenvalue weighted by atomic mass is 19.4. The highest BCUT2D eigenvalue weighted by Crippen LogP contribution is 2.36. The molecular formula is C16H20F3N3O2. The van der Waals surface area contributed by atoms with Gasteiger partial charge in [0.15, 0.2) is 0 Å². The minimum absolute atomic E-state index is 0.123. The lowest BCUT2D eigenvalue weighted by Gasteiger charge is -2.29. The second-order valence-corrected chi connectivity index (χ2v) is 6.19. The van der Waals surface area contributed by atoms with Crippen LogP contribution < -0.4 is 10.1 Å². The average Bonchev–Trinajstić information content (AvgIpc) is 2.50. The third kappa shape index (κ3) is 3.98. The molecule has 2 fully saturated rings. The highest BCUT2D eigenvalue weighted by molar-refractivity contribution is 5.36. The number of alkyl halides is 3. The average molecular weight is 343 g/mol. The van der Waals surface area contributed by atoms with E-state index >= 15 is 0 Å². The molecule has 0 radical (unpaired) electrons. The topological polar surface area (TPSA) is 56.3 Å². The molecule has 2 atom stereocenters. The first kappa shape index (κ1) is 17.0. The Bertz CT molecular complexity index is 590. The molecule has 1 saturated heterocycles. The van der Waals surface area contributed by atoms with E-state index in [4.69, 9.17) is 9.47 Å². The van der Waals surface area contributed by atoms with Gasteiger partial charge in [-0.05, 0) is 25.2 Å². The van der Waals surface area contributed by atoms with Crippen molar-refractivity contribution in [2.24, 2.45) is 5.92 Å². The van der Waals surface area contributed by atoms with Gasteiger partial charge in [0.2, 0.25) is 11.8 Å². The molecule has 5 nitrogen and oxygen atoms in total. The fourth-order valence-corrected chi connectivity index (χ4v) is 2.92. The zero-order chi connectivity index (χ0) is 17.2. The number of anilines is 1. The van der Waals surface area contributed by atoms with Crippen LogP contribution >= 0.6 is 0 Å². The molecule has 1 N–H and O–H groups in total. The van der Waals surface area contributed by atoms with Crippen LogP contribution in [0.5, 0.6) is 5.88 Å². The molecule has 0 unspecified atom stereocenters. The highest BCUT2D eigenvalue weighted by Gasteiger charge is 2.38. The number of hydrogen-bond donors (Lipinski definition) is 1. The van der Waals surface area contributed by atoms with Crippen LogP contribution in [0.4, 0.5) is 19.1 Å². The number of allylic oxidation sites excluding steroid dienone is 1. The monoisotopic (exact) mass is 343 g/mol. The van der Waals surface area contributed by atoms with Crippen molar-refractivity contribution in [3.63, 3.8) is 0 Å². The summed E-state index contributed by atoms with van der Waals surface area (Å²) >= 11 is 0. The number of rotatable bonds is 5. The minimum Gasteiger partial charge on any atom is -0.469 e. The van der Waals surface area contributed by atoms with Crippen molar-refractivity contribution in [1.29, 1.82) is 0 Å². The third-order valence-corrected chi connectivity index (χ3v) is 4.33. The Kier molecular flexibility index (Phi) is 4.93. The van der Waals surface area contributed by atoms with Crippen LogP contribution in [-0.2, 0) is 10.9 Å². The van der Waals surface area contributed by atoms with Crippen LogP contribution in [0.2, 0.25) is 0 Å². The lowest BCUT2D eigenvalue weighted by molar-refractivity contribution is -0.142. The van der Waals surface area contributed by atoms with E-state index in [0.29, 0.717) is 5.92 Å². The van der Waals surface area contributed by atoms with Crippen molar-refractivity contribution in [2.75, 3.05) is 18.5 Å². The maximum Gasteiger partial charge on any atom is 0.423 e. The molecule has 2 heterocycles. The van der Waals surface area contributed by atoms with Gasteiger partial charge < -0.3 is 14.8 Å². The number of ether oxygens (including phenoxy) is 2. The van der Waals surface area contributed by atoms with E-state index in [-0.39, 0.29) is 25.2 Å². The summed E-state index contributed by atoms with van der Waals surface area (Å²) in [6, 6.07) is 0.123. The second-order valence-electron chi connectivity index (χ2n) is 6.19. The molecule has 3 rings (SSSR count). The summed E-state index contributed by atoms with van der Waals surface area (Å²) in [5.74, 6) is 0.130. The minimum atomic E-state index is -4.56. The fourth-order valence-electron chi connectivity index (χ4n) is 2.92. The van der Waals surface area contributed by atoms with Crippen LogP contribution in [0.15, 0.2) is 18.9 Å². The van der Waals surface area contributed by atoms with E-state index in [1.165, 1.54) is 0 Å². The third-order valence-electron chi connectivity index (χ3n) is 4.33. The summed E-state index contributed by atoms with van der Waals surface area (Å²) in [4.78, 5) is 7.78. The van der Waals surface area contributed by atoms with Crippen LogP contribution in [0.1, 0.15) is 31.2 Å². The molecule has 24 heavy (non-hydrogen) atoms. The van der Waals surface area contributed by atoms with Crippen molar-refractivity contribution < 1.29 is 22.6 Å². The number of halogens is 3. The molecule has 8 heteroatoms. The molecule has 1 saturated carbocycles. The van der Waals surface area contributed by atoms with Crippen molar-refractivity contribution >= 4 is 5.95 Å². The molecule has 0 spiro atoms. The Morgan fingerprint density at radius 1 is 1.33 bits per heavy atom. The van der Waals surface area contributed by atoms with Crippen LogP contribution in [0.3, 0.4) is 0 Å². The quantitative estimate of drug-likeness (QED) is 0.830. The van der Waals surface area contributed by atoms with Crippen LogP contribution in [-0.4, -0.2) is 35.3 Å². The Balaban J connectivity index is 1.75. The summed E-state index contributed by atoms with van der Waals surface area (Å²) in [6.45, 7) is 4.35. The number of nitrogens with one attached hydrogen (secondary N) is 1. The molecule has 0 bridgehead atoms.